The molecule has 1 radical (unpaired) electrons. The van der Waals surface area contributed by atoms with E-state index >= 15 is 0 Å². The van der Waals surface area contributed by atoms with Gasteiger partial charge in [0.1, 0.15) is 5.76 Å². The van der Waals surface area contributed by atoms with Gasteiger partial charge in [-0.15, -0.1) is 35.9 Å². The Morgan fingerprint density at radius 1 is 0.931 bits per heavy atom. The van der Waals surface area contributed by atoms with E-state index in [0.29, 0.717) is 0 Å². The summed E-state index contributed by atoms with van der Waals surface area (Å²) in [5, 5.41) is 12.0. The minimum Gasteiger partial charge on any atom is -0.509 e. The maximum Gasteiger partial charge on any atom is 0.352 e. The Labute approximate surface area is 182 Å². The van der Waals surface area contributed by atoms with Gasteiger partial charge in [-0.05, 0) is 29.5 Å². The number of pyridine rings is 1. The summed E-state index contributed by atoms with van der Waals surface area (Å²) >= 11 is 0. The van der Waals surface area contributed by atoms with Crippen LogP contribution in [0.25, 0.3) is 32.9 Å². The van der Waals surface area contributed by atoms with E-state index in [9.17, 15) is 4.39 Å². The number of aromatic nitrogens is 1. The van der Waals surface area contributed by atoms with E-state index in [1.165, 1.54) is 16.2 Å². The molecule has 1 heterocycles. The van der Waals surface area contributed by atoms with Crippen molar-refractivity contribution in [2.24, 2.45) is 0 Å². The molecule has 0 atom stereocenters. The van der Waals surface area contributed by atoms with Crippen LogP contribution in [-0.2, 0) is 20.1 Å². The van der Waals surface area contributed by atoms with Gasteiger partial charge in [0.25, 0.3) is 5.83 Å². The molecule has 0 bridgehead atoms. The van der Waals surface area contributed by atoms with Crippen molar-refractivity contribution < 1.29 is 34.4 Å². The molecular weight excluding hydrogens is 545 g/mol. The number of halogens is 1. The largest absolute Gasteiger partial charge is 0.509 e. The number of carbonyl (C=O) groups excluding carboxylic acids is 1. The molecule has 29 heavy (non-hydrogen) atoms. The van der Waals surface area contributed by atoms with Gasteiger partial charge in [-0.3, -0.25) is 9.78 Å². The number of aliphatic hydroxyl groups excluding tert-OH is 1. The summed E-state index contributed by atoms with van der Waals surface area (Å²) in [6.45, 7) is 2.32. The molecule has 0 unspecified atom stereocenters. The van der Waals surface area contributed by atoms with Gasteiger partial charge < -0.3 is 5.11 Å². The summed E-state index contributed by atoms with van der Waals surface area (Å²) in [7, 11) is 0. The molecule has 4 rings (SSSR count). The van der Waals surface area contributed by atoms with E-state index in [0.717, 1.165) is 30.6 Å². The predicted molar refractivity (Wildman–Crippen MR) is 113 cm³/mol. The van der Waals surface area contributed by atoms with E-state index < -0.39 is 17.4 Å². The van der Waals surface area contributed by atoms with Gasteiger partial charge in [0.2, 0.25) is 0 Å². The van der Waals surface area contributed by atoms with Crippen LogP contribution in [0.5, 0.6) is 0 Å². The normalized spacial score (nSPS) is 11.1. The van der Waals surface area contributed by atoms with Crippen molar-refractivity contribution in [2.75, 3.05) is 0 Å². The second-order valence-electron chi connectivity index (χ2n) is 6.31. The van der Waals surface area contributed by atoms with Crippen LogP contribution in [0.1, 0.15) is 13.8 Å². The van der Waals surface area contributed by atoms with Crippen molar-refractivity contribution in [3.63, 3.8) is 0 Å². The molecule has 0 aliphatic rings. The van der Waals surface area contributed by atoms with Gasteiger partial charge >= 0.3 is 5.78 Å². The van der Waals surface area contributed by atoms with E-state index in [-0.39, 0.29) is 20.1 Å². The molecule has 0 amide bonds. The quantitative estimate of drug-likeness (QED) is 0.104. The number of hydrogen-bond acceptors (Lipinski definition) is 2. The second-order valence-corrected chi connectivity index (χ2v) is 6.31. The average Bonchev–Trinajstić information content (AvgIpc) is 2.73. The van der Waals surface area contributed by atoms with Crippen LogP contribution in [-0.4, -0.2) is 20.7 Å². The molecular formula is C24H20FIrNO2. The number of hydrogen-bond donors (Lipinski definition) is 1. The van der Waals surface area contributed by atoms with Crippen molar-refractivity contribution in [3.8, 4) is 11.3 Å². The standard InChI is InChI=1S/C19H12N.C5H7FO2.Ir/c1-2-7-15(8-3-1)18-13-11-17-16-9-5-4-6-14(16)10-12-19(17)20-18;1-3(7)5(6)4(2)8;/h1-7,9-13H;7H,1-2H3;/q-1;;/p+1/b;5-3+;. The molecule has 1 aromatic heterocycles. The summed E-state index contributed by atoms with van der Waals surface area (Å²) < 4.78 is 12.0. The number of aliphatic hydroxyl groups is 1. The number of fused-ring (bicyclic) bond motifs is 3. The molecule has 0 saturated carbocycles. The van der Waals surface area contributed by atoms with Crippen LogP contribution in [0.15, 0.2) is 84.4 Å². The van der Waals surface area contributed by atoms with Crippen LogP contribution < -0.4 is 0 Å². The van der Waals surface area contributed by atoms with Crippen LogP contribution in [0, 0.1) is 6.07 Å². The first kappa shape index (κ1) is 22.4. The smallest absolute Gasteiger partial charge is 0.352 e. The zero-order valence-corrected chi connectivity index (χ0v) is 18.4. The fraction of sp³-hybridized carbons (Fsp3) is 0.0833. The van der Waals surface area contributed by atoms with Gasteiger partial charge in [0.15, 0.2) is 0 Å². The Bertz CT molecular complexity index is 1170. The van der Waals surface area contributed by atoms with Gasteiger partial charge in [-0.1, -0.05) is 42.5 Å². The maximum atomic E-state index is 12.0. The van der Waals surface area contributed by atoms with Crippen LogP contribution in [0.2, 0.25) is 0 Å². The topological polar surface area (TPSA) is 54.5 Å². The molecule has 2 N–H and O–H groups in total. The number of allylic oxidation sites excluding steroid dienone is 2. The zero-order valence-electron chi connectivity index (χ0n) is 16.0. The third kappa shape index (κ3) is 5.35. The fourth-order valence-electron chi connectivity index (χ4n) is 2.85. The first-order chi connectivity index (χ1) is 13.5. The Kier molecular flexibility index (Phi) is 7.77. The Morgan fingerprint density at radius 2 is 1.66 bits per heavy atom. The van der Waals surface area contributed by atoms with Crippen molar-refractivity contribution in [3.05, 3.63) is 90.4 Å². The van der Waals surface area contributed by atoms with E-state index in [1.807, 2.05) is 24.3 Å². The number of rotatable bonds is 2. The molecule has 3 nitrogen and oxygen atoms in total. The molecule has 0 aliphatic heterocycles. The summed E-state index contributed by atoms with van der Waals surface area (Å²) in [4.78, 5) is 13.1. The average molecular weight is 566 g/mol. The third-order valence-corrected chi connectivity index (χ3v) is 4.22. The third-order valence-electron chi connectivity index (χ3n) is 4.22. The Balaban J connectivity index is 0.000000289. The summed E-state index contributed by atoms with van der Waals surface area (Å²) in [6, 6.07) is 28.0. The van der Waals surface area contributed by atoms with Crippen molar-refractivity contribution in [2.45, 2.75) is 13.8 Å². The van der Waals surface area contributed by atoms with Crippen LogP contribution in [0.3, 0.4) is 0 Å². The maximum absolute atomic E-state index is 12.0. The molecule has 0 spiro atoms. The fourth-order valence-corrected chi connectivity index (χ4v) is 2.85. The first-order valence-electron chi connectivity index (χ1n) is 8.81. The van der Waals surface area contributed by atoms with Crippen molar-refractivity contribution in [1.29, 1.82) is 0 Å². The van der Waals surface area contributed by atoms with Crippen LogP contribution >= 0.6 is 0 Å². The van der Waals surface area contributed by atoms with Gasteiger partial charge in [0, 0.05) is 25.5 Å². The molecule has 0 saturated heterocycles. The predicted octanol–water partition coefficient (Wildman–Crippen LogP) is 6.16. The van der Waals surface area contributed by atoms with E-state index in [1.54, 1.807) is 0 Å². The summed E-state index contributed by atoms with van der Waals surface area (Å²) in [5.41, 5.74) is 3.02. The van der Waals surface area contributed by atoms with Crippen molar-refractivity contribution in [1.82, 2.24) is 4.98 Å². The molecule has 4 aromatic rings. The molecule has 149 valence electrons. The zero-order chi connectivity index (χ0) is 20.1. The molecule has 0 fully saturated rings. The summed E-state index contributed by atoms with van der Waals surface area (Å²) in [6.07, 6.45) is 0. The second kappa shape index (κ2) is 10.1. The summed E-state index contributed by atoms with van der Waals surface area (Å²) in [5.74, 6) is -1.94. The molecule has 5 heteroatoms. The van der Waals surface area contributed by atoms with Gasteiger partial charge in [-0.2, -0.15) is 4.39 Å². The first-order valence-corrected chi connectivity index (χ1v) is 8.81. The number of nitrogens with zero attached hydrogens (tertiary/aromatic N) is 1. The van der Waals surface area contributed by atoms with Gasteiger partial charge in [-0.25, -0.2) is 0 Å². The number of ketones is 1. The minimum absolute atomic E-state index is 0. The Morgan fingerprint density at radius 3 is 2.28 bits per heavy atom. The minimum atomic E-state index is -0.954. The van der Waals surface area contributed by atoms with Crippen molar-refractivity contribution >= 4 is 27.5 Å². The Hall–Kier alpha value is -2.88. The van der Waals surface area contributed by atoms with E-state index in [4.69, 9.17) is 14.9 Å². The monoisotopic (exact) mass is 566 g/mol. The SMILES string of the molecule is CC(=[OH+])/C(F)=C(/C)O.[Ir].[c-]1ccccc1-c1ccc2c(ccc3ccccc32)n1. The van der Waals surface area contributed by atoms with Crippen LogP contribution in [0.4, 0.5) is 4.39 Å². The van der Waals surface area contributed by atoms with E-state index in [2.05, 4.69) is 54.6 Å². The molecule has 3 aromatic carbocycles. The number of benzene rings is 3. The van der Waals surface area contributed by atoms with Gasteiger partial charge in [0.05, 0.1) is 12.4 Å². The molecule has 0 aliphatic carbocycles.